The lowest BCUT2D eigenvalue weighted by molar-refractivity contribution is 0.711. The van der Waals surface area contributed by atoms with Gasteiger partial charge >= 0.3 is 0 Å². The maximum atomic E-state index is 4.14. The molecule has 1 aromatic rings. The minimum Gasteiger partial charge on any atom is -0.264 e. The molecule has 0 bridgehead atoms. The molecule has 0 fully saturated rings. The molecule has 0 amide bonds. The lowest BCUT2D eigenvalue weighted by Gasteiger charge is -2.01. The predicted molar refractivity (Wildman–Crippen MR) is 79.5 cm³/mol. The van der Waals surface area contributed by atoms with Crippen LogP contribution in [0.5, 0.6) is 0 Å². The van der Waals surface area contributed by atoms with Crippen LogP contribution < -0.4 is 0 Å². The van der Waals surface area contributed by atoms with E-state index in [9.17, 15) is 0 Å². The van der Waals surface area contributed by atoms with E-state index in [4.69, 9.17) is 0 Å². The van der Waals surface area contributed by atoms with E-state index in [1.807, 2.05) is 53.9 Å². The van der Waals surface area contributed by atoms with Gasteiger partial charge in [0.1, 0.15) is 0 Å². The molecule has 2 rings (SSSR count). The fourth-order valence-electron chi connectivity index (χ4n) is 1.73. The third-order valence-electron chi connectivity index (χ3n) is 2.40. The van der Waals surface area contributed by atoms with E-state index < -0.39 is 0 Å². The van der Waals surface area contributed by atoms with Crippen LogP contribution in [0.25, 0.3) is 0 Å². The third kappa shape index (κ3) is 7.95. The largest absolute Gasteiger partial charge is 0.264 e. The highest BCUT2D eigenvalue weighted by Crippen LogP contribution is 2.18. The average molecular weight is 237 g/mol. The molecule has 0 radical (unpaired) electrons. The van der Waals surface area contributed by atoms with E-state index in [1.54, 1.807) is 0 Å². The van der Waals surface area contributed by atoms with Crippen LogP contribution in [-0.2, 0) is 12.8 Å². The van der Waals surface area contributed by atoms with Gasteiger partial charge in [0.25, 0.3) is 0 Å². The Morgan fingerprint density at radius 2 is 1.29 bits per heavy atom. The second-order valence-corrected chi connectivity index (χ2v) is 3.21. The second-order valence-electron chi connectivity index (χ2n) is 3.21. The van der Waals surface area contributed by atoms with Crippen LogP contribution in [-0.4, -0.2) is 4.98 Å². The van der Waals surface area contributed by atoms with Gasteiger partial charge < -0.3 is 0 Å². The van der Waals surface area contributed by atoms with E-state index in [1.165, 1.54) is 43.2 Å². The summed E-state index contributed by atoms with van der Waals surface area (Å²) in [7, 11) is 0. The predicted octanol–water partition coefficient (Wildman–Crippen LogP) is 5.43. The van der Waals surface area contributed by atoms with Crippen molar-refractivity contribution in [3.8, 4) is 0 Å². The van der Waals surface area contributed by atoms with Crippen molar-refractivity contribution in [3.63, 3.8) is 0 Å². The van der Waals surface area contributed by atoms with Crippen LogP contribution in [0.2, 0.25) is 0 Å². The Balaban J connectivity index is 0. The Labute approximate surface area is 109 Å². The number of fused-ring (bicyclic) bond motifs is 1. The maximum absolute atomic E-state index is 4.14. The second kappa shape index (κ2) is 15.1. The minimum atomic E-state index is 1.24. The molecule has 100 valence electrons. The first-order valence-electron chi connectivity index (χ1n) is 7.38. The fraction of sp³-hybridized carbons (Fsp3) is 0.688. The summed E-state index contributed by atoms with van der Waals surface area (Å²) in [6.45, 7) is 12.0. The van der Waals surface area contributed by atoms with Crippen LogP contribution in [0.1, 0.15) is 71.9 Å². The molecule has 0 aromatic carbocycles. The Kier molecular flexibility index (Phi) is 16.5. The van der Waals surface area contributed by atoms with Crippen LogP contribution in [0, 0.1) is 0 Å². The smallest absolute Gasteiger partial charge is 0.0302 e. The topological polar surface area (TPSA) is 12.9 Å². The van der Waals surface area contributed by atoms with Crippen LogP contribution in [0.3, 0.4) is 0 Å². The molecule has 0 saturated carbocycles. The lowest BCUT2D eigenvalue weighted by atomic mass is 10.1. The Hall–Kier alpha value is -0.850. The summed E-state index contributed by atoms with van der Waals surface area (Å²) in [6, 6.07) is 2.17. The number of aromatic nitrogens is 1. The summed E-state index contributed by atoms with van der Waals surface area (Å²) in [5.41, 5.74) is 3.00. The molecule has 0 N–H and O–H groups in total. The van der Waals surface area contributed by atoms with E-state index >= 15 is 0 Å². The molecule has 1 heterocycles. The van der Waals surface area contributed by atoms with Crippen molar-refractivity contribution in [2.75, 3.05) is 0 Å². The van der Waals surface area contributed by atoms with Gasteiger partial charge in [-0.1, -0.05) is 48.0 Å². The van der Waals surface area contributed by atoms with Gasteiger partial charge in [0, 0.05) is 12.4 Å². The SMILES string of the molecule is CC.CC.CC.c1cc2c(cn1)CCCCC2. The molecule has 17 heavy (non-hydrogen) atoms. The molecule has 1 aromatic heterocycles. The quantitative estimate of drug-likeness (QED) is 0.548. The third-order valence-corrected chi connectivity index (χ3v) is 2.40. The van der Waals surface area contributed by atoms with E-state index in [0.29, 0.717) is 0 Å². The number of aryl methyl sites for hydroxylation is 2. The van der Waals surface area contributed by atoms with Crippen molar-refractivity contribution < 1.29 is 0 Å². The van der Waals surface area contributed by atoms with Crippen molar-refractivity contribution >= 4 is 0 Å². The standard InChI is InChI=1S/C10H13N.3C2H6/c1-2-4-9-6-7-11-8-10(9)5-3-1;3*1-2/h6-8H,1-5H2;3*1-2H3. The summed E-state index contributed by atoms with van der Waals surface area (Å²) >= 11 is 0. The minimum absolute atomic E-state index is 1.24. The van der Waals surface area contributed by atoms with E-state index in [-0.39, 0.29) is 0 Å². The zero-order valence-electron chi connectivity index (χ0n) is 12.7. The molecule has 1 nitrogen and oxygen atoms in total. The van der Waals surface area contributed by atoms with Crippen LogP contribution in [0.15, 0.2) is 18.5 Å². The molecule has 0 spiro atoms. The van der Waals surface area contributed by atoms with Crippen molar-refractivity contribution in [1.29, 1.82) is 0 Å². The molecule has 1 aliphatic rings. The maximum Gasteiger partial charge on any atom is 0.0302 e. The Morgan fingerprint density at radius 3 is 1.88 bits per heavy atom. The summed E-state index contributed by atoms with van der Waals surface area (Å²) in [6.07, 6.45) is 10.5. The Morgan fingerprint density at radius 1 is 0.765 bits per heavy atom. The van der Waals surface area contributed by atoms with Crippen LogP contribution >= 0.6 is 0 Å². The molecule has 0 unspecified atom stereocenters. The van der Waals surface area contributed by atoms with Gasteiger partial charge in [-0.3, -0.25) is 4.98 Å². The van der Waals surface area contributed by atoms with Crippen molar-refractivity contribution in [1.82, 2.24) is 4.98 Å². The van der Waals surface area contributed by atoms with Crippen molar-refractivity contribution in [2.45, 2.75) is 73.6 Å². The van der Waals surface area contributed by atoms with Gasteiger partial charge in [-0.05, 0) is 42.9 Å². The zero-order valence-corrected chi connectivity index (χ0v) is 12.7. The molecule has 1 aliphatic carbocycles. The number of hydrogen-bond donors (Lipinski definition) is 0. The number of rotatable bonds is 0. The normalized spacial score (nSPS) is 12.1. The van der Waals surface area contributed by atoms with Crippen molar-refractivity contribution in [2.24, 2.45) is 0 Å². The van der Waals surface area contributed by atoms with Crippen LogP contribution in [0.4, 0.5) is 0 Å². The molecule has 0 atom stereocenters. The average Bonchev–Trinajstić information content (AvgIpc) is 2.70. The fourth-order valence-corrected chi connectivity index (χ4v) is 1.73. The van der Waals surface area contributed by atoms with Gasteiger partial charge in [0.05, 0.1) is 0 Å². The van der Waals surface area contributed by atoms with Gasteiger partial charge in [-0.25, -0.2) is 0 Å². The highest BCUT2D eigenvalue weighted by Gasteiger charge is 2.05. The lowest BCUT2D eigenvalue weighted by Crippen LogP contribution is -1.90. The molecule has 0 saturated heterocycles. The summed E-state index contributed by atoms with van der Waals surface area (Å²) in [5, 5.41) is 0. The summed E-state index contributed by atoms with van der Waals surface area (Å²) in [5.74, 6) is 0. The van der Waals surface area contributed by atoms with Gasteiger partial charge in [0.15, 0.2) is 0 Å². The summed E-state index contributed by atoms with van der Waals surface area (Å²) < 4.78 is 0. The Bertz CT molecular complexity index is 218. The van der Waals surface area contributed by atoms with Gasteiger partial charge in [-0.15, -0.1) is 0 Å². The number of nitrogens with zero attached hydrogens (tertiary/aromatic N) is 1. The first-order chi connectivity index (χ1) is 8.47. The highest BCUT2D eigenvalue weighted by atomic mass is 14.6. The number of pyridine rings is 1. The number of hydrogen-bond acceptors (Lipinski definition) is 1. The van der Waals surface area contributed by atoms with E-state index in [0.717, 1.165) is 0 Å². The summed E-state index contributed by atoms with van der Waals surface area (Å²) in [4.78, 5) is 4.14. The monoisotopic (exact) mass is 237 g/mol. The molecular weight excluding hydrogens is 206 g/mol. The van der Waals surface area contributed by atoms with Crippen molar-refractivity contribution in [3.05, 3.63) is 29.6 Å². The van der Waals surface area contributed by atoms with E-state index in [2.05, 4.69) is 11.1 Å². The highest BCUT2D eigenvalue weighted by molar-refractivity contribution is 5.24. The zero-order chi connectivity index (χ0) is 13.5. The molecule has 0 aliphatic heterocycles. The molecular formula is C16H31N. The van der Waals surface area contributed by atoms with Gasteiger partial charge in [-0.2, -0.15) is 0 Å². The molecule has 1 heteroatoms. The van der Waals surface area contributed by atoms with Gasteiger partial charge in [0.2, 0.25) is 0 Å². The first kappa shape index (κ1) is 18.5. The first-order valence-corrected chi connectivity index (χ1v) is 7.38.